The fourth-order valence-electron chi connectivity index (χ4n) is 2.81. The standard InChI is InChI=1S/C15H24N2O.ClH/c1-12(16)15-8-3-4-9-17(15)11-13-6-5-7-14(10-13)18-2;/h5-7,10,12,15H,3-4,8-9,11,16H2,1-2H3;1H. The maximum atomic E-state index is 6.10. The van der Waals surface area contributed by atoms with Crippen molar-refractivity contribution in [3.8, 4) is 5.75 Å². The smallest absolute Gasteiger partial charge is 0.119 e. The molecule has 0 bridgehead atoms. The third kappa shape index (κ3) is 4.37. The van der Waals surface area contributed by atoms with Crippen molar-refractivity contribution in [3.05, 3.63) is 29.8 Å². The zero-order chi connectivity index (χ0) is 13.0. The molecule has 4 heteroatoms. The Morgan fingerprint density at radius 1 is 1.42 bits per heavy atom. The minimum atomic E-state index is 0. The first-order valence-electron chi connectivity index (χ1n) is 6.83. The zero-order valence-corrected chi connectivity index (χ0v) is 12.7. The largest absolute Gasteiger partial charge is 0.497 e. The van der Waals surface area contributed by atoms with Crippen molar-refractivity contribution in [2.75, 3.05) is 13.7 Å². The number of piperidine rings is 1. The van der Waals surface area contributed by atoms with Crippen LogP contribution in [-0.2, 0) is 6.54 Å². The molecule has 1 heterocycles. The van der Waals surface area contributed by atoms with Gasteiger partial charge in [-0.2, -0.15) is 0 Å². The van der Waals surface area contributed by atoms with Gasteiger partial charge in [0.2, 0.25) is 0 Å². The van der Waals surface area contributed by atoms with Gasteiger partial charge >= 0.3 is 0 Å². The Kier molecular flexibility index (Phi) is 6.63. The molecule has 2 N–H and O–H groups in total. The molecule has 0 radical (unpaired) electrons. The number of ether oxygens (including phenoxy) is 1. The summed E-state index contributed by atoms with van der Waals surface area (Å²) in [4.78, 5) is 2.52. The molecule has 1 saturated heterocycles. The van der Waals surface area contributed by atoms with Crippen LogP contribution in [0.15, 0.2) is 24.3 Å². The first-order chi connectivity index (χ1) is 8.70. The van der Waals surface area contributed by atoms with Crippen LogP contribution < -0.4 is 10.5 Å². The molecular weight excluding hydrogens is 260 g/mol. The second-order valence-corrected chi connectivity index (χ2v) is 5.24. The van der Waals surface area contributed by atoms with Crippen LogP contribution >= 0.6 is 12.4 Å². The van der Waals surface area contributed by atoms with Gasteiger partial charge in [0.05, 0.1) is 7.11 Å². The maximum Gasteiger partial charge on any atom is 0.119 e. The maximum absolute atomic E-state index is 6.10. The van der Waals surface area contributed by atoms with E-state index in [0.29, 0.717) is 6.04 Å². The Balaban J connectivity index is 0.00000180. The Labute approximate surface area is 122 Å². The summed E-state index contributed by atoms with van der Waals surface area (Å²) in [6.07, 6.45) is 3.82. The highest BCUT2D eigenvalue weighted by Gasteiger charge is 2.25. The molecule has 0 aliphatic carbocycles. The quantitative estimate of drug-likeness (QED) is 0.924. The summed E-state index contributed by atoms with van der Waals surface area (Å²) in [5.74, 6) is 0.932. The van der Waals surface area contributed by atoms with E-state index in [4.69, 9.17) is 10.5 Å². The van der Waals surface area contributed by atoms with Gasteiger partial charge in [0, 0.05) is 18.6 Å². The van der Waals surface area contributed by atoms with Crippen LogP contribution in [0.1, 0.15) is 31.7 Å². The molecule has 1 aromatic carbocycles. The van der Waals surface area contributed by atoms with Gasteiger partial charge in [-0.25, -0.2) is 0 Å². The lowest BCUT2D eigenvalue weighted by Crippen LogP contribution is -2.48. The van der Waals surface area contributed by atoms with Gasteiger partial charge in [-0.3, -0.25) is 4.90 Å². The van der Waals surface area contributed by atoms with Crippen LogP contribution in [0.3, 0.4) is 0 Å². The van der Waals surface area contributed by atoms with Crippen molar-refractivity contribution in [3.63, 3.8) is 0 Å². The molecule has 2 unspecified atom stereocenters. The van der Waals surface area contributed by atoms with E-state index >= 15 is 0 Å². The number of methoxy groups -OCH3 is 1. The van der Waals surface area contributed by atoms with Crippen molar-refractivity contribution >= 4 is 12.4 Å². The summed E-state index contributed by atoms with van der Waals surface area (Å²) in [7, 11) is 1.71. The van der Waals surface area contributed by atoms with E-state index in [1.54, 1.807) is 7.11 Å². The zero-order valence-electron chi connectivity index (χ0n) is 11.8. The van der Waals surface area contributed by atoms with E-state index in [9.17, 15) is 0 Å². The number of halogens is 1. The van der Waals surface area contributed by atoms with Crippen molar-refractivity contribution in [1.82, 2.24) is 4.90 Å². The van der Waals surface area contributed by atoms with E-state index in [-0.39, 0.29) is 18.4 Å². The molecule has 1 aliphatic rings. The first kappa shape index (κ1) is 16.3. The van der Waals surface area contributed by atoms with Crippen molar-refractivity contribution < 1.29 is 4.74 Å². The van der Waals surface area contributed by atoms with Gasteiger partial charge in [0.15, 0.2) is 0 Å². The lowest BCUT2D eigenvalue weighted by Gasteiger charge is -2.38. The second kappa shape index (κ2) is 7.73. The highest BCUT2D eigenvalue weighted by molar-refractivity contribution is 5.85. The molecule has 19 heavy (non-hydrogen) atoms. The molecule has 3 nitrogen and oxygen atoms in total. The Hall–Kier alpha value is -0.770. The highest BCUT2D eigenvalue weighted by atomic mass is 35.5. The molecule has 2 rings (SSSR count). The predicted octanol–water partition coefficient (Wildman–Crippen LogP) is 2.82. The van der Waals surface area contributed by atoms with E-state index in [1.807, 2.05) is 6.07 Å². The molecule has 0 spiro atoms. The average Bonchev–Trinajstić information content (AvgIpc) is 2.39. The molecule has 0 amide bonds. The van der Waals surface area contributed by atoms with Crippen LogP contribution in [0.25, 0.3) is 0 Å². The highest BCUT2D eigenvalue weighted by Crippen LogP contribution is 2.22. The van der Waals surface area contributed by atoms with E-state index in [2.05, 4.69) is 30.0 Å². The lowest BCUT2D eigenvalue weighted by atomic mass is 9.96. The topological polar surface area (TPSA) is 38.5 Å². The molecule has 2 atom stereocenters. The summed E-state index contributed by atoms with van der Waals surface area (Å²) in [5, 5.41) is 0. The van der Waals surface area contributed by atoms with E-state index in [0.717, 1.165) is 18.8 Å². The van der Waals surface area contributed by atoms with Crippen LogP contribution in [0.5, 0.6) is 5.75 Å². The summed E-state index contributed by atoms with van der Waals surface area (Å²) in [6, 6.07) is 9.09. The molecule has 1 fully saturated rings. The minimum absolute atomic E-state index is 0. The summed E-state index contributed by atoms with van der Waals surface area (Å²) in [5.41, 5.74) is 7.41. The molecule has 0 aromatic heterocycles. The fraction of sp³-hybridized carbons (Fsp3) is 0.600. The molecule has 1 aromatic rings. The number of rotatable bonds is 4. The van der Waals surface area contributed by atoms with Crippen LogP contribution in [0, 0.1) is 0 Å². The SMILES string of the molecule is COc1cccc(CN2CCCCC2C(C)N)c1.Cl. The van der Waals surface area contributed by atoms with Gasteiger partial charge < -0.3 is 10.5 Å². The molecule has 0 saturated carbocycles. The van der Waals surface area contributed by atoms with Crippen LogP contribution in [-0.4, -0.2) is 30.6 Å². The van der Waals surface area contributed by atoms with Gasteiger partial charge in [-0.05, 0) is 44.0 Å². The average molecular weight is 285 g/mol. The fourth-order valence-corrected chi connectivity index (χ4v) is 2.81. The van der Waals surface area contributed by atoms with Crippen LogP contribution in [0.4, 0.5) is 0 Å². The van der Waals surface area contributed by atoms with Gasteiger partial charge in [-0.1, -0.05) is 18.6 Å². The molecule has 108 valence electrons. The number of hydrogen-bond acceptors (Lipinski definition) is 3. The predicted molar refractivity (Wildman–Crippen MR) is 81.9 cm³/mol. The third-order valence-corrected chi connectivity index (χ3v) is 3.79. The number of nitrogens with two attached hydrogens (primary N) is 1. The van der Waals surface area contributed by atoms with E-state index in [1.165, 1.54) is 24.8 Å². The van der Waals surface area contributed by atoms with Crippen molar-refractivity contribution in [1.29, 1.82) is 0 Å². The number of hydrogen-bond donors (Lipinski definition) is 1. The first-order valence-corrected chi connectivity index (χ1v) is 6.83. The van der Waals surface area contributed by atoms with Crippen molar-refractivity contribution in [2.45, 2.75) is 44.8 Å². The second-order valence-electron chi connectivity index (χ2n) is 5.24. The number of benzene rings is 1. The van der Waals surface area contributed by atoms with Gasteiger partial charge in [0.1, 0.15) is 5.75 Å². The summed E-state index contributed by atoms with van der Waals surface area (Å²) >= 11 is 0. The van der Waals surface area contributed by atoms with Crippen LogP contribution in [0.2, 0.25) is 0 Å². The minimum Gasteiger partial charge on any atom is -0.497 e. The normalized spacial score (nSPS) is 21.5. The third-order valence-electron chi connectivity index (χ3n) is 3.79. The van der Waals surface area contributed by atoms with Gasteiger partial charge in [-0.15, -0.1) is 12.4 Å². The summed E-state index contributed by atoms with van der Waals surface area (Å²) < 4.78 is 5.28. The van der Waals surface area contributed by atoms with Crippen molar-refractivity contribution in [2.24, 2.45) is 5.73 Å². The molecular formula is C15H25ClN2O. The van der Waals surface area contributed by atoms with Gasteiger partial charge in [0.25, 0.3) is 0 Å². The summed E-state index contributed by atoms with van der Waals surface area (Å²) in [6.45, 7) is 4.25. The molecule has 1 aliphatic heterocycles. The number of likely N-dealkylation sites (tertiary alicyclic amines) is 1. The Bertz CT molecular complexity index is 384. The Morgan fingerprint density at radius 2 is 2.21 bits per heavy atom. The number of nitrogens with zero attached hydrogens (tertiary/aromatic N) is 1. The van der Waals surface area contributed by atoms with E-state index < -0.39 is 0 Å². The monoisotopic (exact) mass is 284 g/mol. The lowest BCUT2D eigenvalue weighted by molar-refractivity contribution is 0.123. The Morgan fingerprint density at radius 3 is 2.89 bits per heavy atom.